The molecule has 2 aromatic rings. The quantitative estimate of drug-likeness (QED) is 0.628. The second-order valence-electron chi connectivity index (χ2n) is 3.82. The fourth-order valence-corrected chi connectivity index (χ4v) is 1.61. The first-order chi connectivity index (χ1) is 8.79. The van der Waals surface area contributed by atoms with Crippen molar-refractivity contribution in [3.63, 3.8) is 0 Å². The van der Waals surface area contributed by atoms with E-state index in [0.29, 0.717) is 32.0 Å². The van der Waals surface area contributed by atoms with Crippen molar-refractivity contribution in [2.24, 2.45) is 0 Å². The third kappa shape index (κ3) is 3.23. The lowest BCUT2D eigenvalue weighted by Crippen LogP contribution is -2.08. The highest BCUT2D eigenvalue weighted by Gasteiger charge is 2.05. The fraction of sp³-hybridized carbons (Fsp3) is 0.385. The van der Waals surface area contributed by atoms with Gasteiger partial charge < -0.3 is 14.5 Å². The highest BCUT2D eigenvalue weighted by molar-refractivity contribution is 5.74. The molecule has 96 valence electrons. The highest BCUT2D eigenvalue weighted by Crippen LogP contribution is 2.17. The maximum atomic E-state index is 11.1. The molecule has 1 heterocycles. The van der Waals surface area contributed by atoms with Crippen LogP contribution in [-0.2, 0) is 9.53 Å². The first-order valence-electron chi connectivity index (χ1n) is 6.04. The van der Waals surface area contributed by atoms with Crippen LogP contribution in [0, 0.1) is 0 Å². The lowest BCUT2D eigenvalue weighted by atomic mass is 10.3. The molecule has 0 radical (unpaired) electrons. The van der Waals surface area contributed by atoms with Gasteiger partial charge in [-0.15, -0.1) is 0 Å². The van der Waals surface area contributed by atoms with Crippen LogP contribution in [0.15, 0.2) is 28.7 Å². The summed E-state index contributed by atoms with van der Waals surface area (Å²) in [6.07, 6.45) is 1.10. The molecule has 0 spiro atoms. The van der Waals surface area contributed by atoms with Crippen molar-refractivity contribution in [2.45, 2.75) is 19.8 Å². The van der Waals surface area contributed by atoms with E-state index in [0.717, 1.165) is 11.1 Å². The predicted octanol–water partition coefficient (Wildman–Crippen LogP) is 2.58. The molecule has 1 aromatic carbocycles. The summed E-state index contributed by atoms with van der Waals surface area (Å²) in [5.74, 6) is -0.170. The van der Waals surface area contributed by atoms with Gasteiger partial charge in [-0.05, 0) is 25.5 Å². The minimum Gasteiger partial charge on any atom is -0.466 e. The average molecular weight is 248 g/mol. The van der Waals surface area contributed by atoms with E-state index in [9.17, 15) is 4.79 Å². The average Bonchev–Trinajstić information content (AvgIpc) is 2.77. The summed E-state index contributed by atoms with van der Waals surface area (Å²) >= 11 is 0. The van der Waals surface area contributed by atoms with Crippen LogP contribution in [0.4, 0.5) is 6.01 Å². The Bertz CT molecular complexity index is 489. The van der Waals surface area contributed by atoms with Gasteiger partial charge in [0.25, 0.3) is 6.01 Å². The molecular weight excluding hydrogens is 232 g/mol. The lowest BCUT2D eigenvalue weighted by Gasteiger charge is -2.02. The first kappa shape index (κ1) is 12.4. The minimum absolute atomic E-state index is 0.170. The smallest absolute Gasteiger partial charge is 0.305 e. The van der Waals surface area contributed by atoms with Gasteiger partial charge in [-0.25, -0.2) is 0 Å². The molecule has 0 aliphatic carbocycles. The summed E-state index contributed by atoms with van der Waals surface area (Å²) in [7, 11) is 0. The number of nitrogens with one attached hydrogen (secondary N) is 1. The Morgan fingerprint density at radius 2 is 2.28 bits per heavy atom. The zero-order chi connectivity index (χ0) is 12.8. The number of benzene rings is 1. The summed E-state index contributed by atoms with van der Waals surface area (Å²) in [6.45, 7) is 2.86. The Balaban J connectivity index is 1.78. The fourth-order valence-electron chi connectivity index (χ4n) is 1.61. The Kier molecular flexibility index (Phi) is 4.17. The molecular formula is C13H16N2O3. The van der Waals surface area contributed by atoms with Gasteiger partial charge >= 0.3 is 5.97 Å². The zero-order valence-electron chi connectivity index (χ0n) is 10.3. The van der Waals surface area contributed by atoms with E-state index in [-0.39, 0.29) is 5.97 Å². The van der Waals surface area contributed by atoms with Gasteiger partial charge in [0.1, 0.15) is 5.52 Å². The van der Waals surface area contributed by atoms with Crippen molar-refractivity contribution >= 4 is 23.1 Å². The normalized spacial score (nSPS) is 10.5. The van der Waals surface area contributed by atoms with Crippen molar-refractivity contribution in [2.75, 3.05) is 18.5 Å². The number of para-hydroxylation sites is 2. The monoisotopic (exact) mass is 248 g/mol. The van der Waals surface area contributed by atoms with Gasteiger partial charge in [0.15, 0.2) is 5.58 Å². The molecule has 18 heavy (non-hydrogen) atoms. The molecule has 5 heteroatoms. The van der Waals surface area contributed by atoms with Crippen molar-refractivity contribution in [3.05, 3.63) is 24.3 Å². The van der Waals surface area contributed by atoms with Crippen molar-refractivity contribution in [3.8, 4) is 0 Å². The number of anilines is 1. The Morgan fingerprint density at radius 3 is 3.06 bits per heavy atom. The number of carbonyl (C=O) groups is 1. The van der Waals surface area contributed by atoms with Gasteiger partial charge in [0.05, 0.1) is 6.61 Å². The third-order valence-corrected chi connectivity index (χ3v) is 2.43. The van der Waals surface area contributed by atoms with Crippen LogP contribution < -0.4 is 5.32 Å². The number of nitrogens with zero attached hydrogens (tertiary/aromatic N) is 1. The Hall–Kier alpha value is -2.04. The highest BCUT2D eigenvalue weighted by atomic mass is 16.5. The van der Waals surface area contributed by atoms with Crippen LogP contribution in [0.2, 0.25) is 0 Å². The molecule has 5 nitrogen and oxygen atoms in total. The largest absolute Gasteiger partial charge is 0.466 e. The van der Waals surface area contributed by atoms with E-state index in [1.807, 2.05) is 24.3 Å². The van der Waals surface area contributed by atoms with E-state index in [1.54, 1.807) is 6.92 Å². The van der Waals surface area contributed by atoms with Crippen LogP contribution in [0.5, 0.6) is 0 Å². The van der Waals surface area contributed by atoms with E-state index in [4.69, 9.17) is 9.15 Å². The molecule has 0 atom stereocenters. The molecule has 0 amide bonds. The minimum atomic E-state index is -0.170. The molecule has 0 fully saturated rings. The van der Waals surface area contributed by atoms with Gasteiger partial charge in [-0.3, -0.25) is 4.79 Å². The standard InChI is InChI=1S/C13H16N2O3/c1-2-17-12(16)8-5-9-14-13-15-10-6-3-4-7-11(10)18-13/h3-4,6-7H,2,5,8-9H2,1H3,(H,14,15). The molecule has 0 aliphatic rings. The summed E-state index contributed by atoms with van der Waals surface area (Å²) in [5, 5.41) is 3.05. The molecule has 0 saturated heterocycles. The number of hydrogen-bond acceptors (Lipinski definition) is 5. The van der Waals surface area contributed by atoms with Crippen LogP contribution in [0.1, 0.15) is 19.8 Å². The zero-order valence-corrected chi connectivity index (χ0v) is 10.3. The summed E-state index contributed by atoms with van der Waals surface area (Å²) < 4.78 is 10.3. The molecule has 0 aliphatic heterocycles. The number of hydrogen-bond donors (Lipinski definition) is 1. The number of fused-ring (bicyclic) bond motifs is 1. The molecule has 0 bridgehead atoms. The number of rotatable bonds is 6. The van der Waals surface area contributed by atoms with Crippen LogP contribution in [0.3, 0.4) is 0 Å². The van der Waals surface area contributed by atoms with Gasteiger partial charge in [-0.2, -0.15) is 4.98 Å². The number of aromatic nitrogens is 1. The summed E-state index contributed by atoms with van der Waals surface area (Å²) in [6, 6.07) is 8.06. The van der Waals surface area contributed by atoms with E-state index in [2.05, 4.69) is 10.3 Å². The maximum Gasteiger partial charge on any atom is 0.305 e. The Labute approximate surface area is 105 Å². The second kappa shape index (κ2) is 6.05. The van der Waals surface area contributed by atoms with Crippen molar-refractivity contribution in [1.82, 2.24) is 4.98 Å². The molecule has 1 N–H and O–H groups in total. The summed E-state index contributed by atoms with van der Waals surface area (Å²) in [4.78, 5) is 15.4. The number of esters is 1. The van der Waals surface area contributed by atoms with Crippen LogP contribution >= 0.6 is 0 Å². The number of ether oxygens (including phenoxy) is 1. The molecule has 0 saturated carbocycles. The van der Waals surface area contributed by atoms with E-state index >= 15 is 0 Å². The number of carbonyl (C=O) groups excluding carboxylic acids is 1. The van der Waals surface area contributed by atoms with Crippen molar-refractivity contribution in [1.29, 1.82) is 0 Å². The second-order valence-corrected chi connectivity index (χ2v) is 3.82. The topological polar surface area (TPSA) is 64.4 Å². The Morgan fingerprint density at radius 1 is 1.44 bits per heavy atom. The molecule has 2 rings (SSSR count). The lowest BCUT2D eigenvalue weighted by molar-refractivity contribution is -0.143. The maximum absolute atomic E-state index is 11.1. The van der Waals surface area contributed by atoms with Gasteiger partial charge in [0, 0.05) is 13.0 Å². The SMILES string of the molecule is CCOC(=O)CCCNc1nc2ccccc2o1. The van der Waals surface area contributed by atoms with E-state index in [1.165, 1.54) is 0 Å². The predicted molar refractivity (Wildman–Crippen MR) is 68.4 cm³/mol. The molecule has 0 unspecified atom stereocenters. The third-order valence-electron chi connectivity index (χ3n) is 2.43. The number of oxazole rings is 1. The summed E-state index contributed by atoms with van der Waals surface area (Å²) in [5.41, 5.74) is 1.58. The van der Waals surface area contributed by atoms with Crippen molar-refractivity contribution < 1.29 is 13.9 Å². The van der Waals surface area contributed by atoms with Crippen LogP contribution in [-0.4, -0.2) is 24.1 Å². The first-order valence-corrected chi connectivity index (χ1v) is 6.04. The van der Waals surface area contributed by atoms with E-state index < -0.39 is 0 Å². The van der Waals surface area contributed by atoms with Gasteiger partial charge in [0.2, 0.25) is 0 Å². The molecule has 1 aromatic heterocycles. The van der Waals surface area contributed by atoms with Gasteiger partial charge in [-0.1, -0.05) is 12.1 Å². The van der Waals surface area contributed by atoms with Crippen LogP contribution in [0.25, 0.3) is 11.1 Å².